The van der Waals surface area contributed by atoms with E-state index >= 15 is 0 Å². The summed E-state index contributed by atoms with van der Waals surface area (Å²) in [5, 5.41) is 11.1. The molecule has 1 aliphatic heterocycles. The summed E-state index contributed by atoms with van der Waals surface area (Å²) in [6.45, 7) is 1.26. The van der Waals surface area contributed by atoms with Gasteiger partial charge in [0.1, 0.15) is 28.4 Å². The Labute approximate surface area is 189 Å². The van der Waals surface area contributed by atoms with Crippen LogP contribution in [0.25, 0.3) is 0 Å². The summed E-state index contributed by atoms with van der Waals surface area (Å²) in [5.41, 5.74) is 0. The van der Waals surface area contributed by atoms with Crippen LogP contribution < -0.4 is 9.46 Å². The number of ether oxygens (including phenoxy) is 1. The van der Waals surface area contributed by atoms with Crippen LogP contribution in [0, 0.1) is 11.6 Å². The number of piperidine rings is 1. The van der Waals surface area contributed by atoms with Crippen molar-refractivity contribution in [2.24, 2.45) is 0 Å². The molecule has 0 amide bonds. The van der Waals surface area contributed by atoms with E-state index in [2.05, 4.69) is 4.72 Å². The molecule has 170 valence electrons. The number of likely N-dealkylation sites (tertiary alicyclic amines) is 1. The quantitative estimate of drug-likeness (QED) is 0.587. The van der Waals surface area contributed by atoms with Crippen LogP contribution in [-0.2, 0) is 10.0 Å². The number of hydrogen-bond donors (Lipinski definition) is 2. The number of β-amino-alcohol motifs (C(OH)–C–C–N with tert-alkyl or cyclic N) is 1. The van der Waals surface area contributed by atoms with Crippen LogP contribution in [0.3, 0.4) is 0 Å². The largest absolute Gasteiger partial charge is 0.490 e. The lowest BCUT2D eigenvalue weighted by atomic mass is 10.1. The maximum Gasteiger partial charge on any atom is 0.243 e. The van der Waals surface area contributed by atoms with Gasteiger partial charge in [-0.3, -0.25) is 0 Å². The third-order valence-corrected chi connectivity index (χ3v) is 7.09. The summed E-state index contributed by atoms with van der Waals surface area (Å²) < 4.78 is 59.2. The lowest BCUT2D eigenvalue weighted by Crippen LogP contribution is -2.45. The van der Waals surface area contributed by atoms with Gasteiger partial charge in [0.25, 0.3) is 0 Å². The van der Waals surface area contributed by atoms with Crippen LogP contribution in [0.2, 0.25) is 10.0 Å². The number of nitrogens with zero attached hydrogens (tertiary/aromatic N) is 1. The fraction of sp³-hybridized carbons (Fsp3) is 0.400. The Morgan fingerprint density at radius 2 is 1.84 bits per heavy atom. The molecule has 1 heterocycles. The zero-order valence-corrected chi connectivity index (χ0v) is 18.7. The van der Waals surface area contributed by atoms with Crippen molar-refractivity contribution in [3.63, 3.8) is 0 Å². The second-order valence-corrected chi connectivity index (χ2v) is 9.82. The standard InChI is InChI=1S/C20H22Cl2F2N2O4S/c21-17-3-2-16(10-18(17)22)30-15-5-7-26(8-6-15)12-14(27)11-25-31(28,29)20-4-1-13(23)9-19(20)24/h1-4,9-10,14-15,25,27H,5-8,11-12H2/t14-/m0/s1. The molecular formula is C20H22Cl2F2N2O4S. The highest BCUT2D eigenvalue weighted by molar-refractivity contribution is 7.89. The number of aliphatic hydroxyl groups is 1. The van der Waals surface area contributed by atoms with Gasteiger partial charge in [-0.2, -0.15) is 0 Å². The Morgan fingerprint density at radius 1 is 1.13 bits per heavy atom. The minimum atomic E-state index is -4.20. The summed E-state index contributed by atoms with van der Waals surface area (Å²) in [4.78, 5) is 1.33. The van der Waals surface area contributed by atoms with Crippen LogP contribution >= 0.6 is 23.2 Å². The van der Waals surface area contributed by atoms with E-state index in [0.29, 0.717) is 35.0 Å². The minimum Gasteiger partial charge on any atom is -0.490 e. The highest BCUT2D eigenvalue weighted by atomic mass is 35.5. The third kappa shape index (κ3) is 6.74. The molecule has 2 N–H and O–H groups in total. The molecule has 6 nitrogen and oxygen atoms in total. The van der Waals surface area contributed by atoms with Crippen molar-refractivity contribution < 1.29 is 27.0 Å². The first-order valence-corrected chi connectivity index (χ1v) is 11.8. The average molecular weight is 495 g/mol. The molecule has 1 saturated heterocycles. The molecule has 0 aliphatic carbocycles. The van der Waals surface area contributed by atoms with E-state index in [-0.39, 0.29) is 19.2 Å². The molecule has 1 aliphatic rings. The maximum absolute atomic E-state index is 13.7. The first-order chi connectivity index (χ1) is 14.6. The number of halogens is 4. The van der Waals surface area contributed by atoms with Crippen LogP contribution in [0.1, 0.15) is 12.8 Å². The zero-order chi connectivity index (χ0) is 22.6. The molecule has 3 rings (SSSR count). The molecule has 2 aromatic carbocycles. The molecule has 0 unspecified atom stereocenters. The van der Waals surface area contributed by atoms with Gasteiger partial charge in [0, 0.05) is 38.3 Å². The van der Waals surface area contributed by atoms with Gasteiger partial charge in [-0.15, -0.1) is 0 Å². The SMILES string of the molecule is O=S(=O)(NC[C@H](O)CN1CCC(Oc2ccc(Cl)c(Cl)c2)CC1)c1ccc(F)cc1F. The van der Waals surface area contributed by atoms with Crippen molar-refractivity contribution in [3.8, 4) is 5.75 Å². The molecule has 31 heavy (non-hydrogen) atoms. The van der Waals surface area contributed by atoms with Crippen LogP contribution in [0.4, 0.5) is 8.78 Å². The summed E-state index contributed by atoms with van der Waals surface area (Å²) in [7, 11) is -4.20. The van der Waals surface area contributed by atoms with Crippen molar-refractivity contribution in [2.45, 2.75) is 29.9 Å². The van der Waals surface area contributed by atoms with Gasteiger partial charge >= 0.3 is 0 Å². The second kappa shape index (κ2) is 10.4. The topological polar surface area (TPSA) is 78.9 Å². The van der Waals surface area contributed by atoms with Crippen LogP contribution in [0.5, 0.6) is 5.75 Å². The highest BCUT2D eigenvalue weighted by Gasteiger charge is 2.24. The van der Waals surface area contributed by atoms with Crippen LogP contribution in [-0.4, -0.2) is 56.8 Å². The zero-order valence-electron chi connectivity index (χ0n) is 16.4. The predicted molar refractivity (Wildman–Crippen MR) is 114 cm³/mol. The Bertz CT molecular complexity index is 1020. The van der Waals surface area contributed by atoms with Crippen molar-refractivity contribution in [2.75, 3.05) is 26.2 Å². The fourth-order valence-corrected chi connectivity index (χ4v) is 4.71. The van der Waals surface area contributed by atoms with Gasteiger partial charge in [-0.1, -0.05) is 23.2 Å². The monoisotopic (exact) mass is 494 g/mol. The summed E-state index contributed by atoms with van der Waals surface area (Å²) in [6, 6.07) is 7.28. The minimum absolute atomic E-state index is 0.00871. The Kier molecular flexibility index (Phi) is 8.12. The predicted octanol–water partition coefficient (Wildman–Crippen LogP) is 3.45. The van der Waals surface area contributed by atoms with E-state index in [1.165, 1.54) is 0 Å². The molecule has 2 aromatic rings. The molecule has 1 fully saturated rings. The molecule has 0 saturated carbocycles. The fourth-order valence-electron chi connectivity index (χ4n) is 3.29. The lowest BCUT2D eigenvalue weighted by molar-refractivity contribution is 0.0630. The van der Waals surface area contributed by atoms with E-state index < -0.39 is 32.7 Å². The smallest absolute Gasteiger partial charge is 0.243 e. The van der Waals surface area contributed by atoms with Crippen molar-refractivity contribution >= 4 is 33.2 Å². The van der Waals surface area contributed by atoms with Crippen molar-refractivity contribution in [1.29, 1.82) is 0 Å². The molecule has 0 radical (unpaired) electrons. The summed E-state index contributed by atoms with van der Waals surface area (Å²) >= 11 is 11.9. The Hall–Kier alpha value is -1.49. The number of sulfonamides is 1. The van der Waals surface area contributed by atoms with E-state index in [4.69, 9.17) is 27.9 Å². The third-order valence-electron chi connectivity index (χ3n) is 4.89. The van der Waals surface area contributed by atoms with Gasteiger partial charge in [0.15, 0.2) is 0 Å². The number of benzene rings is 2. The van der Waals surface area contributed by atoms with Gasteiger partial charge < -0.3 is 14.7 Å². The average Bonchev–Trinajstić information content (AvgIpc) is 2.70. The molecular weight excluding hydrogens is 473 g/mol. The lowest BCUT2D eigenvalue weighted by Gasteiger charge is -2.33. The van der Waals surface area contributed by atoms with Crippen molar-refractivity contribution in [3.05, 3.63) is 58.1 Å². The number of nitrogens with one attached hydrogen (secondary N) is 1. The van der Waals surface area contributed by atoms with E-state index in [0.717, 1.165) is 25.0 Å². The molecule has 11 heteroatoms. The molecule has 1 atom stereocenters. The van der Waals surface area contributed by atoms with Gasteiger partial charge in [-0.25, -0.2) is 21.9 Å². The Balaban J connectivity index is 1.44. The molecule has 0 spiro atoms. The number of hydrogen-bond acceptors (Lipinski definition) is 5. The first-order valence-electron chi connectivity index (χ1n) is 9.61. The van der Waals surface area contributed by atoms with E-state index in [1.54, 1.807) is 18.2 Å². The highest BCUT2D eigenvalue weighted by Crippen LogP contribution is 2.28. The Morgan fingerprint density at radius 3 is 2.48 bits per heavy atom. The van der Waals surface area contributed by atoms with Gasteiger partial charge in [0.2, 0.25) is 10.0 Å². The number of rotatable bonds is 8. The van der Waals surface area contributed by atoms with Crippen molar-refractivity contribution in [1.82, 2.24) is 9.62 Å². The van der Waals surface area contributed by atoms with Crippen LogP contribution in [0.15, 0.2) is 41.3 Å². The van der Waals surface area contributed by atoms with Gasteiger partial charge in [0.05, 0.1) is 16.1 Å². The first kappa shape index (κ1) is 24.2. The van der Waals surface area contributed by atoms with E-state index in [1.807, 2.05) is 4.90 Å². The maximum atomic E-state index is 13.7. The summed E-state index contributed by atoms with van der Waals surface area (Å²) in [5.74, 6) is -1.43. The summed E-state index contributed by atoms with van der Waals surface area (Å²) in [6.07, 6.45) is 0.440. The van der Waals surface area contributed by atoms with E-state index in [9.17, 15) is 22.3 Å². The number of aliphatic hydroxyl groups excluding tert-OH is 1. The van der Waals surface area contributed by atoms with Gasteiger partial charge in [-0.05, 0) is 37.1 Å². The second-order valence-electron chi connectivity index (χ2n) is 7.27. The molecule has 0 bridgehead atoms. The normalized spacial score (nSPS) is 16.9. The molecule has 0 aromatic heterocycles.